The number of nitrogens with zero attached hydrogens (tertiary/aromatic N) is 3. The van der Waals surface area contributed by atoms with Gasteiger partial charge in [-0.15, -0.1) is 0 Å². The third-order valence-corrected chi connectivity index (χ3v) is 3.91. The largest absolute Gasteiger partial charge is 0.463 e. The summed E-state index contributed by atoms with van der Waals surface area (Å²) in [6, 6.07) is 17.7. The monoisotopic (exact) mass is 364 g/mol. The fourth-order valence-corrected chi connectivity index (χ4v) is 2.70. The molecule has 0 aliphatic heterocycles. The summed E-state index contributed by atoms with van der Waals surface area (Å²) in [4.78, 5) is 16.7. The molecule has 0 spiro atoms. The van der Waals surface area contributed by atoms with E-state index in [1.807, 2.05) is 12.1 Å². The third kappa shape index (κ3) is 3.22. The number of benzene rings is 1. The van der Waals surface area contributed by atoms with Crippen molar-refractivity contribution in [3.8, 4) is 17.1 Å². The highest BCUT2D eigenvalue weighted by Crippen LogP contribution is 2.26. The van der Waals surface area contributed by atoms with Crippen molar-refractivity contribution in [1.29, 1.82) is 0 Å². The van der Waals surface area contributed by atoms with Crippen LogP contribution in [0.2, 0.25) is 5.02 Å². The zero-order chi connectivity index (χ0) is 17.9. The van der Waals surface area contributed by atoms with Crippen LogP contribution in [0.4, 0.5) is 5.82 Å². The van der Waals surface area contributed by atoms with Crippen molar-refractivity contribution < 1.29 is 9.21 Å². The first-order valence-electron chi connectivity index (χ1n) is 7.83. The zero-order valence-corrected chi connectivity index (χ0v) is 14.2. The number of amides is 1. The predicted molar refractivity (Wildman–Crippen MR) is 98.5 cm³/mol. The molecule has 3 aromatic heterocycles. The third-order valence-electron chi connectivity index (χ3n) is 3.67. The topological polar surface area (TPSA) is 73.0 Å². The summed E-state index contributed by atoms with van der Waals surface area (Å²) >= 11 is 6.10. The van der Waals surface area contributed by atoms with Crippen LogP contribution in [0.3, 0.4) is 0 Å². The lowest BCUT2D eigenvalue weighted by atomic mass is 10.2. The first-order chi connectivity index (χ1) is 12.7. The number of carbonyl (C=O) groups excluding carboxylic acids is 1. The lowest BCUT2D eigenvalue weighted by Gasteiger charge is -2.05. The number of hydrogen-bond donors (Lipinski definition) is 1. The maximum Gasteiger partial charge on any atom is 0.277 e. The molecule has 3 heterocycles. The summed E-state index contributed by atoms with van der Waals surface area (Å²) in [6.45, 7) is 0. The van der Waals surface area contributed by atoms with Crippen LogP contribution < -0.4 is 5.32 Å². The van der Waals surface area contributed by atoms with Gasteiger partial charge in [-0.3, -0.25) is 4.79 Å². The maximum atomic E-state index is 12.6. The molecule has 7 heteroatoms. The Bertz CT molecular complexity index is 1040. The first-order valence-corrected chi connectivity index (χ1v) is 8.21. The van der Waals surface area contributed by atoms with E-state index in [2.05, 4.69) is 15.4 Å². The fraction of sp³-hybridized carbons (Fsp3) is 0. The molecule has 1 aromatic carbocycles. The average Bonchev–Trinajstić information content (AvgIpc) is 3.32. The molecule has 0 atom stereocenters. The predicted octanol–water partition coefficient (Wildman–Crippen LogP) is 4.43. The van der Waals surface area contributed by atoms with E-state index in [0.717, 1.165) is 5.69 Å². The first kappa shape index (κ1) is 16.1. The van der Waals surface area contributed by atoms with Gasteiger partial charge in [-0.05, 0) is 42.5 Å². The molecule has 1 N–H and O–H groups in total. The van der Waals surface area contributed by atoms with Crippen molar-refractivity contribution >= 4 is 23.3 Å². The molecule has 0 saturated heterocycles. The summed E-state index contributed by atoms with van der Waals surface area (Å²) in [7, 11) is 0. The summed E-state index contributed by atoms with van der Waals surface area (Å²) < 4.78 is 7.11. The van der Waals surface area contributed by atoms with Crippen molar-refractivity contribution in [1.82, 2.24) is 14.8 Å². The van der Waals surface area contributed by atoms with Gasteiger partial charge in [0.25, 0.3) is 5.91 Å². The molecule has 128 valence electrons. The van der Waals surface area contributed by atoms with E-state index < -0.39 is 0 Å². The van der Waals surface area contributed by atoms with Gasteiger partial charge in [-0.1, -0.05) is 23.7 Å². The molecule has 0 unspecified atom stereocenters. The summed E-state index contributed by atoms with van der Waals surface area (Å²) in [5.41, 5.74) is 1.60. The van der Waals surface area contributed by atoms with Gasteiger partial charge in [-0.2, -0.15) is 5.10 Å². The SMILES string of the molecule is O=C(Nc1ccccn1)c1cc(-c2ccco2)n(-c2cccc(Cl)c2)n1. The Morgan fingerprint density at radius 2 is 2.00 bits per heavy atom. The second kappa shape index (κ2) is 6.85. The number of anilines is 1. The Kier molecular flexibility index (Phi) is 4.25. The van der Waals surface area contributed by atoms with Crippen LogP contribution in [0.25, 0.3) is 17.1 Å². The Balaban J connectivity index is 1.75. The van der Waals surface area contributed by atoms with Crippen molar-refractivity contribution in [2.75, 3.05) is 5.32 Å². The molecule has 26 heavy (non-hydrogen) atoms. The summed E-state index contributed by atoms with van der Waals surface area (Å²) in [5.74, 6) is 0.681. The summed E-state index contributed by atoms with van der Waals surface area (Å²) in [5, 5.41) is 7.73. The molecule has 0 fully saturated rings. The molecule has 0 saturated carbocycles. The Morgan fingerprint density at radius 1 is 1.08 bits per heavy atom. The number of rotatable bonds is 4. The van der Waals surface area contributed by atoms with Crippen molar-refractivity contribution in [3.63, 3.8) is 0 Å². The number of aromatic nitrogens is 3. The van der Waals surface area contributed by atoms with E-state index in [1.54, 1.807) is 65.7 Å². The van der Waals surface area contributed by atoms with Gasteiger partial charge in [0.05, 0.1) is 12.0 Å². The maximum absolute atomic E-state index is 12.6. The normalized spacial score (nSPS) is 10.7. The van der Waals surface area contributed by atoms with Gasteiger partial charge in [0.2, 0.25) is 0 Å². The van der Waals surface area contributed by atoms with Crippen LogP contribution >= 0.6 is 11.6 Å². The molecule has 1 amide bonds. The van der Waals surface area contributed by atoms with Crippen LogP contribution in [-0.4, -0.2) is 20.7 Å². The number of furan rings is 1. The van der Waals surface area contributed by atoms with Gasteiger partial charge in [-0.25, -0.2) is 9.67 Å². The fourth-order valence-electron chi connectivity index (χ4n) is 2.51. The van der Waals surface area contributed by atoms with Gasteiger partial charge in [0.15, 0.2) is 11.5 Å². The van der Waals surface area contributed by atoms with E-state index in [0.29, 0.717) is 22.3 Å². The van der Waals surface area contributed by atoms with Crippen molar-refractivity contribution in [3.05, 3.63) is 83.8 Å². The quantitative estimate of drug-likeness (QED) is 0.581. The van der Waals surface area contributed by atoms with E-state index in [-0.39, 0.29) is 11.6 Å². The average molecular weight is 365 g/mol. The van der Waals surface area contributed by atoms with Crippen LogP contribution in [-0.2, 0) is 0 Å². The molecule has 6 nitrogen and oxygen atoms in total. The highest BCUT2D eigenvalue weighted by molar-refractivity contribution is 6.30. The van der Waals surface area contributed by atoms with Crippen LogP contribution in [0, 0.1) is 0 Å². The second-order valence-corrected chi connectivity index (χ2v) is 5.89. The molecule has 0 radical (unpaired) electrons. The lowest BCUT2D eigenvalue weighted by molar-refractivity contribution is 0.102. The standard InChI is InChI=1S/C19H13ClN4O2/c20-13-5-3-6-14(11-13)24-16(17-7-4-10-26-17)12-15(23-24)19(25)22-18-8-1-2-9-21-18/h1-12H,(H,21,22,25). The van der Waals surface area contributed by atoms with E-state index in [9.17, 15) is 4.79 Å². The molecule has 0 aliphatic carbocycles. The van der Waals surface area contributed by atoms with Crippen LogP contribution in [0.5, 0.6) is 0 Å². The number of carbonyl (C=O) groups is 1. The highest BCUT2D eigenvalue weighted by atomic mass is 35.5. The number of pyridine rings is 1. The Morgan fingerprint density at radius 3 is 2.73 bits per heavy atom. The van der Waals surface area contributed by atoms with Gasteiger partial charge in [0.1, 0.15) is 11.5 Å². The van der Waals surface area contributed by atoms with Crippen LogP contribution in [0.15, 0.2) is 77.5 Å². The number of halogens is 1. The van der Waals surface area contributed by atoms with E-state index >= 15 is 0 Å². The summed E-state index contributed by atoms with van der Waals surface area (Å²) in [6.07, 6.45) is 3.17. The number of nitrogens with one attached hydrogen (secondary N) is 1. The molecular formula is C19H13ClN4O2. The lowest BCUT2D eigenvalue weighted by Crippen LogP contribution is -2.14. The molecule has 4 rings (SSSR count). The van der Waals surface area contributed by atoms with Crippen molar-refractivity contribution in [2.24, 2.45) is 0 Å². The second-order valence-electron chi connectivity index (χ2n) is 5.45. The van der Waals surface area contributed by atoms with E-state index in [1.165, 1.54) is 0 Å². The van der Waals surface area contributed by atoms with Gasteiger partial charge >= 0.3 is 0 Å². The Labute approximate surface area is 154 Å². The highest BCUT2D eigenvalue weighted by Gasteiger charge is 2.18. The smallest absolute Gasteiger partial charge is 0.277 e. The molecular weight excluding hydrogens is 352 g/mol. The van der Waals surface area contributed by atoms with E-state index in [4.69, 9.17) is 16.0 Å². The van der Waals surface area contributed by atoms with Crippen molar-refractivity contribution in [2.45, 2.75) is 0 Å². The molecule has 4 aromatic rings. The minimum atomic E-state index is -0.364. The zero-order valence-electron chi connectivity index (χ0n) is 13.5. The molecule has 0 aliphatic rings. The minimum Gasteiger partial charge on any atom is -0.463 e. The minimum absolute atomic E-state index is 0.238. The van der Waals surface area contributed by atoms with Gasteiger partial charge in [0, 0.05) is 17.3 Å². The van der Waals surface area contributed by atoms with Crippen LogP contribution in [0.1, 0.15) is 10.5 Å². The van der Waals surface area contributed by atoms with Gasteiger partial charge < -0.3 is 9.73 Å². The number of hydrogen-bond acceptors (Lipinski definition) is 4. The Hall–Kier alpha value is -3.38. The molecule has 0 bridgehead atoms.